The quantitative estimate of drug-likeness (QED) is 0.782. The molecule has 2 heteroatoms. The van der Waals surface area contributed by atoms with Crippen LogP contribution in [0.2, 0.25) is 0 Å². The van der Waals surface area contributed by atoms with Crippen LogP contribution in [0.4, 0.5) is 0 Å². The lowest BCUT2D eigenvalue weighted by molar-refractivity contribution is 0.292. The van der Waals surface area contributed by atoms with Gasteiger partial charge in [0.15, 0.2) is 0 Å². The summed E-state index contributed by atoms with van der Waals surface area (Å²) in [6, 6.07) is 2.15. The van der Waals surface area contributed by atoms with Crippen molar-refractivity contribution in [1.29, 1.82) is 0 Å². The van der Waals surface area contributed by atoms with E-state index in [1.165, 1.54) is 11.1 Å². The lowest BCUT2D eigenvalue weighted by atomic mass is 9.74. The maximum Gasteiger partial charge on any atom is 0.0977 e. The van der Waals surface area contributed by atoms with E-state index in [0.717, 1.165) is 12.8 Å². The molecule has 0 amide bonds. The molecule has 1 unspecified atom stereocenters. The number of hydrogen-bond acceptors (Lipinski definition) is 2. The van der Waals surface area contributed by atoms with Gasteiger partial charge in [0.2, 0.25) is 0 Å². The van der Waals surface area contributed by atoms with Gasteiger partial charge in [-0.1, -0.05) is 33.8 Å². The van der Waals surface area contributed by atoms with Crippen molar-refractivity contribution >= 4 is 5.57 Å². The summed E-state index contributed by atoms with van der Waals surface area (Å²) in [7, 11) is 0. The second-order valence-electron chi connectivity index (χ2n) is 4.72. The Labute approximate surface area is 98.5 Å². The molecule has 2 nitrogen and oxygen atoms in total. The van der Waals surface area contributed by atoms with Crippen LogP contribution in [0.3, 0.4) is 0 Å². The highest BCUT2D eigenvalue weighted by molar-refractivity contribution is 5.66. The summed E-state index contributed by atoms with van der Waals surface area (Å²) in [5.41, 5.74) is 8.83. The van der Waals surface area contributed by atoms with Crippen LogP contribution >= 0.6 is 0 Å². The average Bonchev–Trinajstić information content (AvgIpc) is 2.78. The maximum absolute atomic E-state index is 6.10. The van der Waals surface area contributed by atoms with Crippen molar-refractivity contribution in [2.45, 2.75) is 46.6 Å². The van der Waals surface area contributed by atoms with E-state index < -0.39 is 0 Å². The zero-order valence-corrected chi connectivity index (χ0v) is 10.8. The fourth-order valence-corrected chi connectivity index (χ4v) is 1.84. The van der Waals surface area contributed by atoms with E-state index in [-0.39, 0.29) is 11.5 Å². The Balaban J connectivity index is 0.000000606. The fourth-order valence-electron chi connectivity index (χ4n) is 1.84. The topological polar surface area (TPSA) is 39.2 Å². The predicted molar refractivity (Wildman–Crippen MR) is 69.0 cm³/mol. The van der Waals surface area contributed by atoms with Crippen LogP contribution in [0.1, 0.15) is 46.1 Å². The van der Waals surface area contributed by atoms with Gasteiger partial charge >= 0.3 is 0 Å². The number of rotatable bonds is 1. The largest absolute Gasteiger partial charge is 0.472 e. The van der Waals surface area contributed by atoms with E-state index in [9.17, 15) is 0 Å². The Bertz CT molecular complexity index is 336. The van der Waals surface area contributed by atoms with Crippen molar-refractivity contribution in [2.75, 3.05) is 0 Å². The first kappa shape index (κ1) is 13.0. The molecule has 1 aliphatic carbocycles. The van der Waals surface area contributed by atoms with Gasteiger partial charge in [-0.15, -0.1) is 0 Å². The summed E-state index contributed by atoms with van der Waals surface area (Å²) in [6.07, 6.45) is 7.91. The third-order valence-electron chi connectivity index (χ3n) is 3.21. The molecule has 0 saturated heterocycles. The molecule has 0 spiro atoms. The zero-order chi connectivity index (χ0) is 12.2. The second kappa shape index (κ2) is 5.35. The number of nitrogens with two attached hydrogens (primary N) is 1. The summed E-state index contributed by atoms with van der Waals surface area (Å²) in [4.78, 5) is 0. The molecular formula is C14H23NO. The van der Waals surface area contributed by atoms with Gasteiger partial charge in [-0.2, -0.15) is 0 Å². The SMILES string of the molecule is CC.CC1(C)CCC(c2ccoc2)=CC1N. The summed E-state index contributed by atoms with van der Waals surface area (Å²) in [5.74, 6) is 0. The highest BCUT2D eigenvalue weighted by Gasteiger charge is 2.29. The molecule has 90 valence electrons. The first-order valence-electron chi connectivity index (χ1n) is 6.08. The van der Waals surface area contributed by atoms with Crippen molar-refractivity contribution in [3.63, 3.8) is 0 Å². The molecule has 2 N–H and O–H groups in total. The van der Waals surface area contributed by atoms with Crippen LogP contribution in [-0.2, 0) is 0 Å². The number of furan rings is 1. The van der Waals surface area contributed by atoms with E-state index >= 15 is 0 Å². The Morgan fingerprint density at radius 3 is 2.56 bits per heavy atom. The molecule has 1 aliphatic rings. The van der Waals surface area contributed by atoms with Crippen LogP contribution in [-0.4, -0.2) is 6.04 Å². The third kappa shape index (κ3) is 2.76. The van der Waals surface area contributed by atoms with Gasteiger partial charge in [-0.05, 0) is 29.9 Å². The lowest BCUT2D eigenvalue weighted by Gasteiger charge is -2.34. The molecule has 0 aromatic carbocycles. The van der Waals surface area contributed by atoms with Gasteiger partial charge in [-0.3, -0.25) is 0 Å². The Morgan fingerprint density at radius 1 is 1.38 bits per heavy atom. The van der Waals surface area contributed by atoms with Gasteiger partial charge < -0.3 is 10.2 Å². The molecule has 0 fully saturated rings. The van der Waals surface area contributed by atoms with E-state index in [2.05, 4.69) is 19.9 Å². The summed E-state index contributed by atoms with van der Waals surface area (Å²) < 4.78 is 5.07. The van der Waals surface area contributed by atoms with Gasteiger partial charge in [0, 0.05) is 11.6 Å². The minimum absolute atomic E-state index is 0.154. The molecule has 0 aliphatic heterocycles. The minimum Gasteiger partial charge on any atom is -0.472 e. The first-order valence-corrected chi connectivity index (χ1v) is 6.08. The van der Waals surface area contributed by atoms with E-state index in [1.807, 2.05) is 19.9 Å². The molecular weight excluding hydrogens is 198 g/mol. The van der Waals surface area contributed by atoms with E-state index in [0.29, 0.717) is 0 Å². The van der Waals surface area contributed by atoms with Crippen molar-refractivity contribution < 1.29 is 4.42 Å². The van der Waals surface area contributed by atoms with E-state index in [4.69, 9.17) is 10.2 Å². The van der Waals surface area contributed by atoms with Crippen LogP contribution in [0.25, 0.3) is 5.57 Å². The third-order valence-corrected chi connectivity index (χ3v) is 3.21. The van der Waals surface area contributed by atoms with Gasteiger partial charge in [0.25, 0.3) is 0 Å². The van der Waals surface area contributed by atoms with Gasteiger partial charge in [0.05, 0.1) is 12.5 Å². The average molecular weight is 221 g/mol. The second-order valence-corrected chi connectivity index (χ2v) is 4.72. The molecule has 0 radical (unpaired) electrons. The standard InChI is InChI=1S/C12H17NO.C2H6/c1-12(2)5-3-9(7-11(12)13)10-4-6-14-8-10;1-2/h4,6-8,11H,3,5,13H2,1-2H3;1-2H3. The molecule has 0 saturated carbocycles. The summed E-state index contributed by atoms with van der Waals surface area (Å²) in [6.45, 7) is 8.45. The van der Waals surface area contributed by atoms with Crippen molar-refractivity contribution in [3.8, 4) is 0 Å². The van der Waals surface area contributed by atoms with Crippen LogP contribution in [0.5, 0.6) is 0 Å². The van der Waals surface area contributed by atoms with Crippen LogP contribution in [0.15, 0.2) is 29.1 Å². The normalized spacial score (nSPS) is 23.1. The summed E-state index contributed by atoms with van der Waals surface area (Å²) >= 11 is 0. The monoisotopic (exact) mass is 221 g/mol. The van der Waals surface area contributed by atoms with Crippen molar-refractivity contribution in [3.05, 3.63) is 30.2 Å². The van der Waals surface area contributed by atoms with Crippen molar-refractivity contribution in [1.82, 2.24) is 0 Å². The number of hydrogen-bond donors (Lipinski definition) is 1. The Kier molecular flexibility index (Phi) is 4.36. The zero-order valence-electron chi connectivity index (χ0n) is 10.8. The highest BCUT2D eigenvalue weighted by Crippen LogP contribution is 2.37. The smallest absolute Gasteiger partial charge is 0.0977 e. The molecule has 1 aromatic rings. The molecule has 1 atom stereocenters. The van der Waals surface area contributed by atoms with Gasteiger partial charge in [0.1, 0.15) is 0 Å². The Morgan fingerprint density at radius 2 is 2.06 bits per heavy atom. The lowest BCUT2D eigenvalue weighted by Crippen LogP contribution is -2.38. The first-order chi connectivity index (χ1) is 7.59. The fraction of sp³-hybridized carbons (Fsp3) is 0.571. The highest BCUT2D eigenvalue weighted by atomic mass is 16.3. The maximum atomic E-state index is 6.10. The minimum atomic E-state index is 0.154. The van der Waals surface area contributed by atoms with Crippen LogP contribution < -0.4 is 5.73 Å². The Hall–Kier alpha value is -1.02. The number of allylic oxidation sites excluding steroid dienone is 1. The molecule has 1 heterocycles. The van der Waals surface area contributed by atoms with Gasteiger partial charge in [-0.25, -0.2) is 0 Å². The van der Waals surface area contributed by atoms with Crippen LogP contribution in [0, 0.1) is 5.41 Å². The molecule has 16 heavy (non-hydrogen) atoms. The van der Waals surface area contributed by atoms with Crippen molar-refractivity contribution in [2.24, 2.45) is 11.1 Å². The molecule has 2 rings (SSSR count). The summed E-state index contributed by atoms with van der Waals surface area (Å²) in [5, 5.41) is 0. The molecule has 1 aromatic heterocycles. The molecule has 0 bridgehead atoms. The predicted octanol–water partition coefficient (Wildman–Crippen LogP) is 3.84. The van der Waals surface area contributed by atoms with E-state index in [1.54, 1.807) is 12.5 Å².